The first kappa shape index (κ1) is 10.5. The second-order valence-electron chi connectivity index (χ2n) is 4.93. The standard InChI is InChI=1S/C10H19NO2/c1-7-4-10(2,3)5-8(7)11-6-9(12)13/h7-8,11H,4-6H2,1-3H3,(H,12,13). The van der Waals surface area contributed by atoms with Crippen LogP contribution in [0.3, 0.4) is 0 Å². The number of hydrogen-bond acceptors (Lipinski definition) is 2. The van der Waals surface area contributed by atoms with Crippen molar-refractivity contribution in [1.29, 1.82) is 0 Å². The van der Waals surface area contributed by atoms with Gasteiger partial charge >= 0.3 is 5.97 Å². The highest BCUT2D eigenvalue weighted by atomic mass is 16.4. The summed E-state index contributed by atoms with van der Waals surface area (Å²) in [5.74, 6) is -0.175. The molecule has 1 rings (SSSR count). The maximum absolute atomic E-state index is 10.4. The van der Waals surface area contributed by atoms with Crippen LogP contribution in [0, 0.1) is 11.3 Å². The van der Waals surface area contributed by atoms with E-state index in [2.05, 4.69) is 26.1 Å². The number of nitrogens with one attached hydrogen (secondary N) is 1. The Kier molecular flexibility index (Phi) is 2.96. The van der Waals surface area contributed by atoms with Crippen LogP contribution in [0.4, 0.5) is 0 Å². The van der Waals surface area contributed by atoms with E-state index in [4.69, 9.17) is 5.11 Å². The minimum atomic E-state index is -0.767. The summed E-state index contributed by atoms with van der Waals surface area (Å²) in [6.45, 7) is 6.76. The van der Waals surface area contributed by atoms with Crippen LogP contribution in [0.2, 0.25) is 0 Å². The first-order valence-electron chi connectivity index (χ1n) is 4.86. The van der Waals surface area contributed by atoms with Gasteiger partial charge in [-0.25, -0.2) is 0 Å². The fourth-order valence-corrected chi connectivity index (χ4v) is 2.39. The molecule has 2 unspecified atom stereocenters. The van der Waals surface area contributed by atoms with E-state index < -0.39 is 5.97 Å². The highest BCUT2D eigenvalue weighted by molar-refractivity contribution is 5.69. The van der Waals surface area contributed by atoms with Gasteiger partial charge in [-0.05, 0) is 24.2 Å². The average Bonchev–Trinajstić information content (AvgIpc) is 2.20. The summed E-state index contributed by atoms with van der Waals surface area (Å²) in [5.41, 5.74) is 0.371. The summed E-state index contributed by atoms with van der Waals surface area (Å²) < 4.78 is 0. The van der Waals surface area contributed by atoms with E-state index in [-0.39, 0.29) is 6.54 Å². The molecule has 0 bridgehead atoms. The topological polar surface area (TPSA) is 49.3 Å². The first-order valence-corrected chi connectivity index (χ1v) is 4.86. The second-order valence-corrected chi connectivity index (χ2v) is 4.93. The molecule has 2 atom stereocenters. The zero-order valence-corrected chi connectivity index (χ0v) is 8.63. The lowest BCUT2D eigenvalue weighted by atomic mass is 9.91. The molecule has 76 valence electrons. The molecule has 0 amide bonds. The first-order chi connectivity index (χ1) is 5.91. The maximum atomic E-state index is 10.4. The normalized spacial score (nSPS) is 31.9. The quantitative estimate of drug-likeness (QED) is 0.700. The SMILES string of the molecule is CC1CC(C)(C)CC1NCC(=O)O. The van der Waals surface area contributed by atoms with Gasteiger partial charge in [-0.2, -0.15) is 0 Å². The van der Waals surface area contributed by atoms with Crippen LogP contribution in [0.5, 0.6) is 0 Å². The van der Waals surface area contributed by atoms with Gasteiger partial charge in [-0.15, -0.1) is 0 Å². The highest BCUT2D eigenvalue weighted by Gasteiger charge is 2.36. The predicted octanol–water partition coefficient (Wildman–Crippen LogP) is 1.49. The summed E-state index contributed by atoms with van der Waals surface area (Å²) >= 11 is 0. The van der Waals surface area contributed by atoms with Gasteiger partial charge in [0.05, 0.1) is 6.54 Å². The van der Waals surface area contributed by atoms with Crippen LogP contribution >= 0.6 is 0 Å². The lowest BCUT2D eigenvalue weighted by molar-refractivity contribution is -0.136. The van der Waals surface area contributed by atoms with Crippen LogP contribution in [0.25, 0.3) is 0 Å². The molecule has 0 radical (unpaired) electrons. The highest BCUT2D eigenvalue weighted by Crippen LogP contribution is 2.40. The molecule has 0 aromatic heterocycles. The van der Waals surface area contributed by atoms with E-state index in [1.54, 1.807) is 0 Å². The number of carbonyl (C=O) groups is 1. The van der Waals surface area contributed by atoms with Gasteiger partial charge in [0.2, 0.25) is 0 Å². The van der Waals surface area contributed by atoms with Crippen LogP contribution in [0.15, 0.2) is 0 Å². The predicted molar refractivity (Wildman–Crippen MR) is 51.6 cm³/mol. The summed E-state index contributed by atoms with van der Waals surface area (Å²) in [4.78, 5) is 10.4. The smallest absolute Gasteiger partial charge is 0.317 e. The van der Waals surface area contributed by atoms with Gasteiger partial charge in [0.15, 0.2) is 0 Å². The van der Waals surface area contributed by atoms with Crippen LogP contribution < -0.4 is 5.32 Å². The molecule has 1 aliphatic carbocycles. The van der Waals surface area contributed by atoms with Gasteiger partial charge in [-0.1, -0.05) is 20.8 Å². The number of carboxylic acid groups (broad SMARTS) is 1. The van der Waals surface area contributed by atoms with E-state index in [0.717, 1.165) is 6.42 Å². The zero-order valence-electron chi connectivity index (χ0n) is 8.63. The molecule has 1 fully saturated rings. The Morgan fingerprint density at radius 1 is 1.54 bits per heavy atom. The van der Waals surface area contributed by atoms with Crippen molar-refractivity contribution in [3.63, 3.8) is 0 Å². The molecule has 2 N–H and O–H groups in total. The Morgan fingerprint density at radius 2 is 2.15 bits per heavy atom. The van der Waals surface area contributed by atoms with Crippen molar-refractivity contribution in [2.24, 2.45) is 11.3 Å². The van der Waals surface area contributed by atoms with E-state index in [9.17, 15) is 4.79 Å². The minimum Gasteiger partial charge on any atom is -0.480 e. The van der Waals surface area contributed by atoms with Crippen LogP contribution in [0.1, 0.15) is 33.6 Å². The van der Waals surface area contributed by atoms with Crippen molar-refractivity contribution in [3.05, 3.63) is 0 Å². The maximum Gasteiger partial charge on any atom is 0.317 e. The van der Waals surface area contributed by atoms with Gasteiger partial charge < -0.3 is 10.4 Å². The van der Waals surface area contributed by atoms with Gasteiger partial charge in [0, 0.05) is 6.04 Å². The summed E-state index contributed by atoms with van der Waals surface area (Å²) in [5, 5.41) is 11.6. The molecule has 3 nitrogen and oxygen atoms in total. The molecule has 3 heteroatoms. The summed E-state index contributed by atoms with van der Waals surface area (Å²) in [6, 6.07) is 0.381. The Balaban J connectivity index is 2.39. The molecule has 0 aliphatic heterocycles. The summed E-state index contributed by atoms with van der Waals surface area (Å²) in [6.07, 6.45) is 2.27. The molecule has 13 heavy (non-hydrogen) atoms. The van der Waals surface area contributed by atoms with Gasteiger partial charge in [-0.3, -0.25) is 4.79 Å². The number of carboxylic acids is 1. The Hall–Kier alpha value is -0.570. The van der Waals surface area contributed by atoms with E-state index in [0.29, 0.717) is 17.4 Å². The van der Waals surface area contributed by atoms with Gasteiger partial charge in [0.25, 0.3) is 0 Å². The van der Waals surface area contributed by atoms with E-state index in [1.165, 1.54) is 6.42 Å². The van der Waals surface area contributed by atoms with Crippen molar-refractivity contribution >= 4 is 5.97 Å². The third-order valence-corrected chi connectivity index (χ3v) is 2.85. The Morgan fingerprint density at radius 3 is 2.54 bits per heavy atom. The molecule has 1 aliphatic rings. The Bertz CT molecular complexity index is 201. The summed E-state index contributed by atoms with van der Waals surface area (Å²) in [7, 11) is 0. The van der Waals surface area contributed by atoms with Crippen molar-refractivity contribution in [3.8, 4) is 0 Å². The third kappa shape index (κ3) is 2.99. The molecule has 1 saturated carbocycles. The Labute approximate surface area is 79.5 Å². The largest absolute Gasteiger partial charge is 0.480 e. The lowest BCUT2D eigenvalue weighted by Gasteiger charge is -2.17. The van der Waals surface area contributed by atoms with Crippen LogP contribution in [-0.4, -0.2) is 23.7 Å². The van der Waals surface area contributed by atoms with Gasteiger partial charge in [0.1, 0.15) is 0 Å². The van der Waals surface area contributed by atoms with Crippen molar-refractivity contribution in [1.82, 2.24) is 5.32 Å². The fraction of sp³-hybridized carbons (Fsp3) is 0.900. The fourth-order valence-electron chi connectivity index (χ4n) is 2.39. The van der Waals surface area contributed by atoms with Crippen molar-refractivity contribution in [2.45, 2.75) is 39.7 Å². The van der Waals surface area contributed by atoms with E-state index >= 15 is 0 Å². The monoisotopic (exact) mass is 185 g/mol. The van der Waals surface area contributed by atoms with E-state index in [1.807, 2.05) is 0 Å². The molecular formula is C10H19NO2. The molecular weight excluding hydrogens is 166 g/mol. The minimum absolute atomic E-state index is 0.0884. The number of aliphatic carboxylic acids is 1. The molecule has 0 aromatic rings. The third-order valence-electron chi connectivity index (χ3n) is 2.85. The van der Waals surface area contributed by atoms with Crippen molar-refractivity contribution < 1.29 is 9.90 Å². The second kappa shape index (κ2) is 3.66. The number of hydrogen-bond donors (Lipinski definition) is 2. The molecule has 0 aromatic carbocycles. The molecule has 0 saturated heterocycles. The number of rotatable bonds is 3. The molecule has 0 heterocycles. The van der Waals surface area contributed by atoms with Crippen molar-refractivity contribution in [2.75, 3.05) is 6.54 Å². The zero-order chi connectivity index (χ0) is 10.1. The molecule has 0 spiro atoms. The average molecular weight is 185 g/mol. The lowest BCUT2D eigenvalue weighted by Crippen LogP contribution is -2.35. The van der Waals surface area contributed by atoms with Crippen LogP contribution in [-0.2, 0) is 4.79 Å².